The molecule has 102 valence electrons. The first-order valence-electron chi connectivity index (χ1n) is 5.88. The van der Waals surface area contributed by atoms with Gasteiger partial charge in [-0.25, -0.2) is 4.98 Å². The molecule has 2 amide bonds. The molecule has 1 atom stereocenters. The van der Waals surface area contributed by atoms with E-state index in [2.05, 4.69) is 15.3 Å². The van der Waals surface area contributed by atoms with Crippen LogP contribution in [0.5, 0.6) is 5.88 Å². The van der Waals surface area contributed by atoms with Crippen molar-refractivity contribution in [2.24, 2.45) is 0 Å². The van der Waals surface area contributed by atoms with Crippen molar-refractivity contribution in [2.75, 3.05) is 23.8 Å². The lowest BCUT2D eigenvalue weighted by Gasteiger charge is -2.33. The van der Waals surface area contributed by atoms with Gasteiger partial charge in [-0.2, -0.15) is 4.98 Å². The summed E-state index contributed by atoms with van der Waals surface area (Å²) in [4.78, 5) is 32.5. The van der Waals surface area contributed by atoms with Gasteiger partial charge in [0.15, 0.2) is 5.82 Å². The highest BCUT2D eigenvalue weighted by atomic mass is 16.5. The first kappa shape index (κ1) is 13.1. The van der Waals surface area contributed by atoms with Crippen LogP contribution in [-0.2, 0) is 9.59 Å². The van der Waals surface area contributed by atoms with Gasteiger partial charge >= 0.3 is 0 Å². The molecular formula is C11H15N5O3. The number of hydrogen-bond donors (Lipinski definition) is 2. The van der Waals surface area contributed by atoms with Gasteiger partial charge < -0.3 is 15.4 Å². The van der Waals surface area contributed by atoms with Crippen molar-refractivity contribution in [3.63, 3.8) is 0 Å². The lowest BCUT2D eigenvalue weighted by atomic mass is 10.2. The van der Waals surface area contributed by atoms with Crippen molar-refractivity contribution < 1.29 is 14.3 Å². The molecule has 0 saturated carbocycles. The van der Waals surface area contributed by atoms with E-state index in [9.17, 15) is 9.59 Å². The molecule has 1 aliphatic rings. The number of nitrogens with two attached hydrogens (primary N) is 1. The fraction of sp³-hybridized carbons (Fsp3) is 0.455. The summed E-state index contributed by atoms with van der Waals surface area (Å²) in [5.41, 5.74) is 6.14. The maximum atomic E-state index is 11.6. The predicted molar refractivity (Wildman–Crippen MR) is 67.6 cm³/mol. The van der Waals surface area contributed by atoms with Gasteiger partial charge in [-0.1, -0.05) is 0 Å². The summed E-state index contributed by atoms with van der Waals surface area (Å²) in [5, 5.41) is 2.25. The summed E-state index contributed by atoms with van der Waals surface area (Å²) in [6, 6.07) is -0.538. The Kier molecular flexibility index (Phi) is 3.50. The normalized spacial score (nSPS) is 19.3. The quantitative estimate of drug-likeness (QED) is 0.696. The van der Waals surface area contributed by atoms with Crippen LogP contribution < -0.4 is 20.7 Å². The molecule has 0 aromatic carbocycles. The van der Waals surface area contributed by atoms with Crippen LogP contribution in [0.2, 0.25) is 0 Å². The molecule has 2 rings (SSSR count). The number of aromatic nitrogens is 2. The summed E-state index contributed by atoms with van der Waals surface area (Å²) < 4.78 is 5.27. The Bertz CT molecular complexity index is 519. The molecule has 0 aliphatic carbocycles. The molecule has 0 spiro atoms. The van der Waals surface area contributed by atoms with E-state index in [0.29, 0.717) is 12.4 Å². The van der Waals surface area contributed by atoms with Gasteiger partial charge in [0.05, 0.1) is 13.2 Å². The third-order valence-corrected chi connectivity index (χ3v) is 2.80. The van der Waals surface area contributed by atoms with Gasteiger partial charge in [0, 0.05) is 0 Å². The molecule has 0 bridgehead atoms. The highest BCUT2D eigenvalue weighted by Gasteiger charge is 2.32. The first-order chi connectivity index (χ1) is 9.04. The number of nitrogens with zero attached hydrogens (tertiary/aromatic N) is 3. The number of hydrogen-bond acceptors (Lipinski definition) is 7. The summed E-state index contributed by atoms with van der Waals surface area (Å²) in [5.74, 6) is -0.196. The summed E-state index contributed by atoms with van der Waals surface area (Å²) in [7, 11) is 0. The Balaban J connectivity index is 2.37. The fourth-order valence-electron chi connectivity index (χ4n) is 1.82. The van der Waals surface area contributed by atoms with Gasteiger partial charge in [0.1, 0.15) is 18.1 Å². The largest absolute Gasteiger partial charge is 0.476 e. The first-order valence-corrected chi connectivity index (χ1v) is 5.88. The highest BCUT2D eigenvalue weighted by molar-refractivity contribution is 6.04. The SMILES string of the molecule is CCOc1ncnc(N2CC(=O)NC(=O)C2C)c1N. The van der Waals surface area contributed by atoms with E-state index >= 15 is 0 Å². The van der Waals surface area contributed by atoms with Crippen molar-refractivity contribution in [1.82, 2.24) is 15.3 Å². The number of carbonyl (C=O) groups is 2. The summed E-state index contributed by atoms with van der Waals surface area (Å²) >= 11 is 0. The van der Waals surface area contributed by atoms with Crippen LogP contribution >= 0.6 is 0 Å². The molecule has 8 heteroatoms. The summed E-state index contributed by atoms with van der Waals surface area (Å²) in [6.07, 6.45) is 1.29. The standard InChI is InChI=1S/C11H15N5O3/c1-3-19-11-8(12)9(13-5-14-11)16-4-7(17)15-10(18)6(16)2/h5-6H,3-4,12H2,1-2H3,(H,15,17,18). The second-order valence-electron chi connectivity index (χ2n) is 4.07. The van der Waals surface area contributed by atoms with Crippen molar-refractivity contribution in [3.8, 4) is 5.88 Å². The van der Waals surface area contributed by atoms with Crippen molar-refractivity contribution in [1.29, 1.82) is 0 Å². The second kappa shape index (κ2) is 5.09. The van der Waals surface area contributed by atoms with Gasteiger partial charge in [0.25, 0.3) is 0 Å². The second-order valence-corrected chi connectivity index (χ2v) is 4.07. The number of piperazine rings is 1. The number of anilines is 2. The number of nitrogens with one attached hydrogen (secondary N) is 1. The Labute approximate surface area is 110 Å². The van der Waals surface area contributed by atoms with E-state index in [1.54, 1.807) is 6.92 Å². The number of ether oxygens (including phenoxy) is 1. The van der Waals surface area contributed by atoms with Crippen molar-refractivity contribution in [3.05, 3.63) is 6.33 Å². The molecule has 1 fully saturated rings. The zero-order chi connectivity index (χ0) is 14.0. The maximum Gasteiger partial charge on any atom is 0.249 e. The van der Waals surface area contributed by atoms with E-state index in [4.69, 9.17) is 10.5 Å². The lowest BCUT2D eigenvalue weighted by Crippen LogP contribution is -2.57. The van der Waals surface area contributed by atoms with Crippen LogP contribution in [0.25, 0.3) is 0 Å². The summed E-state index contributed by atoms with van der Waals surface area (Å²) in [6.45, 7) is 3.90. The molecule has 19 heavy (non-hydrogen) atoms. The van der Waals surface area contributed by atoms with Crippen molar-refractivity contribution in [2.45, 2.75) is 19.9 Å². The zero-order valence-corrected chi connectivity index (χ0v) is 10.7. The molecule has 8 nitrogen and oxygen atoms in total. The van der Waals surface area contributed by atoms with Gasteiger partial charge in [0.2, 0.25) is 17.7 Å². The van der Waals surface area contributed by atoms with Crippen LogP contribution in [-0.4, -0.2) is 41.0 Å². The topological polar surface area (TPSA) is 110 Å². The predicted octanol–water partition coefficient (Wildman–Crippen LogP) is -0.691. The maximum absolute atomic E-state index is 11.6. The Morgan fingerprint density at radius 2 is 2.26 bits per heavy atom. The minimum absolute atomic E-state index is 0.0136. The van der Waals surface area contributed by atoms with Gasteiger partial charge in [-0.15, -0.1) is 0 Å². The number of imide groups is 1. The Morgan fingerprint density at radius 1 is 1.53 bits per heavy atom. The van der Waals surface area contributed by atoms with Crippen LogP contribution in [0.1, 0.15) is 13.8 Å². The molecule has 1 aliphatic heterocycles. The third kappa shape index (κ3) is 2.42. The Morgan fingerprint density at radius 3 is 2.95 bits per heavy atom. The van der Waals surface area contributed by atoms with Gasteiger partial charge in [-0.05, 0) is 13.8 Å². The average molecular weight is 265 g/mol. The molecule has 2 heterocycles. The Hall–Kier alpha value is -2.38. The highest BCUT2D eigenvalue weighted by Crippen LogP contribution is 2.29. The van der Waals surface area contributed by atoms with E-state index in [0.717, 1.165) is 0 Å². The van der Waals surface area contributed by atoms with Crippen LogP contribution in [0.15, 0.2) is 6.33 Å². The fourth-order valence-corrected chi connectivity index (χ4v) is 1.82. The average Bonchev–Trinajstić information content (AvgIpc) is 2.37. The van der Waals surface area contributed by atoms with Crippen molar-refractivity contribution >= 4 is 23.3 Å². The van der Waals surface area contributed by atoms with E-state index in [1.807, 2.05) is 6.92 Å². The third-order valence-electron chi connectivity index (χ3n) is 2.80. The molecule has 1 aromatic rings. The molecule has 3 N–H and O–H groups in total. The molecule has 1 aromatic heterocycles. The number of amides is 2. The van der Waals surface area contributed by atoms with E-state index in [1.165, 1.54) is 11.2 Å². The zero-order valence-electron chi connectivity index (χ0n) is 10.7. The molecule has 1 unspecified atom stereocenters. The number of rotatable bonds is 3. The van der Waals surface area contributed by atoms with Crippen LogP contribution in [0.4, 0.5) is 11.5 Å². The van der Waals surface area contributed by atoms with Crippen LogP contribution in [0, 0.1) is 0 Å². The smallest absolute Gasteiger partial charge is 0.249 e. The van der Waals surface area contributed by atoms with E-state index in [-0.39, 0.29) is 29.9 Å². The van der Waals surface area contributed by atoms with Gasteiger partial charge in [-0.3, -0.25) is 14.9 Å². The number of nitrogen functional groups attached to an aromatic ring is 1. The minimum Gasteiger partial charge on any atom is -0.476 e. The molecular weight excluding hydrogens is 250 g/mol. The molecule has 1 saturated heterocycles. The lowest BCUT2D eigenvalue weighted by molar-refractivity contribution is -0.132. The minimum atomic E-state index is -0.538. The van der Waals surface area contributed by atoms with E-state index < -0.39 is 6.04 Å². The monoisotopic (exact) mass is 265 g/mol. The van der Waals surface area contributed by atoms with Crippen LogP contribution in [0.3, 0.4) is 0 Å². The number of carbonyl (C=O) groups excluding carboxylic acids is 2. The molecule has 0 radical (unpaired) electrons.